The summed E-state index contributed by atoms with van der Waals surface area (Å²) in [5.41, 5.74) is 3.04. The van der Waals surface area contributed by atoms with Gasteiger partial charge in [0.2, 0.25) is 5.82 Å². The van der Waals surface area contributed by atoms with Crippen LogP contribution in [0.4, 0.5) is 10.2 Å². The molecule has 0 fully saturated rings. The molecule has 0 radical (unpaired) electrons. The molecule has 0 spiro atoms. The first-order valence-corrected chi connectivity index (χ1v) is 4.27. The van der Waals surface area contributed by atoms with E-state index < -0.39 is 22.8 Å². The number of anilines is 1. The van der Waals surface area contributed by atoms with E-state index in [0.29, 0.717) is 12.0 Å². The van der Waals surface area contributed by atoms with Gasteiger partial charge in [-0.3, -0.25) is 14.8 Å². The minimum absolute atomic E-state index is 0.338. The third kappa shape index (κ3) is 4.11. The summed E-state index contributed by atoms with van der Waals surface area (Å²) in [7, 11) is 0. The van der Waals surface area contributed by atoms with Gasteiger partial charge in [-0.15, -0.1) is 0 Å². The van der Waals surface area contributed by atoms with Crippen LogP contribution < -0.4 is 22.7 Å². The third-order valence-corrected chi connectivity index (χ3v) is 1.47. The number of halogens is 1. The van der Waals surface area contributed by atoms with Crippen LogP contribution in [-0.2, 0) is 0 Å². The summed E-state index contributed by atoms with van der Waals surface area (Å²) in [5, 5.41) is 0. The number of H-pyrrole nitrogens is 3. The normalized spacial score (nSPS) is 9.24. The van der Waals surface area contributed by atoms with E-state index in [0.717, 1.165) is 0 Å². The Kier molecular flexibility index (Phi) is 3.92. The lowest BCUT2D eigenvalue weighted by molar-refractivity contribution is 0.597. The first-order valence-electron chi connectivity index (χ1n) is 4.27. The van der Waals surface area contributed by atoms with Crippen molar-refractivity contribution in [3.05, 3.63) is 55.6 Å². The molecule has 0 aliphatic heterocycles. The SMILES string of the molecule is Nc1ccnc(=O)[nH]1.O=c1[nH]cc(F)c(=O)[nH]1. The van der Waals surface area contributed by atoms with E-state index >= 15 is 0 Å². The Labute approximate surface area is 92.4 Å². The van der Waals surface area contributed by atoms with Gasteiger partial charge in [-0.2, -0.15) is 4.39 Å². The molecular weight excluding hydrogens is 233 g/mol. The van der Waals surface area contributed by atoms with Crippen LogP contribution in [0.2, 0.25) is 0 Å². The van der Waals surface area contributed by atoms with Gasteiger partial charge in [0.05, 0.1) is 0 Å². The molecule has 2 rings (SSSR count). The Morgan fingerprint density at radius 3 is 2.35 bits per heavy atom. The maximum atomic E-state index is 12.0. The van der Waals surface area contributed by atoms with Gasteiger partial charge in [0.1, 0.15) is 5.82 Å². The minimum Gasteiger partial charge on any atom is -0.385 e. The van der Waals surface area contributed by atoms with E-state index in [9.17, 15) is 18.8 Å². The van der Waals surface area contributed by atoms with Gasteiger partial charge in [0, 0.05) is 12.4 Å². The van der Waals surface area contributed by atoms with E-state index in [2.05, 4.69) is 9.97 Å². The van der Waals surface area contributed by atoms with Crippen molar-refractivity contribution in [2.24, 2.45) is 0 Å². The summed E-state index contributed by atoms with van der Waals surface area (Å²) in [6.45, 7) is 0. The molecule has 17 heavy (non-hydrogen) atoms. The summed E-state index contributed by atoms with van der Waals surface area (Å²) < 4.78 is 12.0. The number of nitrogens with two attached hydrogens (primary N) is 1. The van der Waals surface area contributed by atoms with E-state index in [-0.39, 0.29) is 0 Å². The zero-order chi connectivity index (χ0) is 12.8. The van der Waals surface area contributed by atoms with E-state index in [1.165, 1.54) is 12.3 Å². The standard InChI is InChI=1S/C4H3FN2O2.C4H5N3O/c5-2-1-6-4(9)7-3(2)8;5-3-1-2-6-4(8)7-3/h1H,(H2,6,7,8,9);1-2H,(H3,5,6,7,8). The summed E-state index contributed by atoms with van der Waals surface area (Å²) in [6.07, 6.45) is 2.06. The fourth-order valence-electron chi connectivity index (χ4n) is 0.776. The topological polar surface area (TPSA) is 137 Å². The maximum absolute atomic E-state index is 12.0. The van der Waals surface area contributed by atoms with Gasteiger partial charge in [0.25, 0.3) is 5.56 Å². The summed E-state index contributed by atoms with van der Waals surface area (Å²) in [4.78, 5) is 39.9. The highest BCUT2D eigenvalue weighted by Crippen LogP contribution is 1.82. The molecular formula is C8H8FN5O3. The van der Waals surface area contributed by atoms with Crippen molar-refractivity contribution in [1.82, 2.24) is 19.9 Å². The van der Waals surface area contributed by atoms with Crippen molar-refractivity contribution in [3.63, 3.8) is 0 Å². The van der Waals surface area contributed by atoms with Crippen LogP contribution in [0.1, 0.15) is 0 Å². The summed E-state index contributed by atoms with van der Waals surface area (Å²) in [6, 6.07) is 1.52. The highest BCUT2D eigenvalue weighted by Gasteiger charge is 1.93. The molecule has 0 aliphatic carbocycles. The van der Waals surface area contributed by atoms with Crippen molar-refractivity contribution in [2.75, 3.05) is 5.73 Å². The fourth-order valence-corrected chi connectivity index (χ4v) is 0.776. The Morgan fingerprint density at radius 1 is 1.24 bits per heavy atom. The minimum atomic E-state index is -1.00. The molecule has 0 aliphatic rings. The monoisotopic (exact) mass is 241 g/mol. The second-order valence-electron chi connectivity index (χ2n) is 2.75. The summed E-state index contributed by atoms with van der Waals surface area (Å²) in [5.74, 6) is -0.653. The van der Waals surface area contributed by atoms with E-state index in [4.69, 9.17) is 5.73 Å². The Bertz CT molecular complexity index is 659. The molecule has 0 amide bonds. The lowest BCUT2D eigenvalue weighted by atomic mass is 10.6. The first-order chi connectivity index (χ1) is 7.99. The highest BCUT2D eigenvalue weighted by atomic mass is 19.1. The second kappa shape index (κ2) is 5.39. The van der Waals surface area contributed by atoms with Crippen LogP contribution in [0.15, 0.2) is 32.8 Å². The molecule has 5 N–H and O–H groups in total. The number of nitrogen functional groups attached to an aromatic ring is 1. The quantitative estimate of drug-likeness (QED) is 0.447. The second-order valence-corrected chi connectivity index (χ2v) is 2.75. The molecule has 0 saturated carbocycles. The molecule has 2 aromatic heterocycles. The fraction of sp³-hybridized carbons (Fsp3) is 0. The van der Waals surface area contributed by atoms with Crippen LogP contribution in [-0.4, -0.2) is 19.9 Å². The van der Waals surface area contributed by atoms with Crippen molar-refractivity contribution in [3.8, 4) is 0 Å². The van der Waals surface area contributed by atoms with Crippen LogP contribution in [0, 0.1) is 5.82 Å². The van der Waals surface area contributed by atoms with Gasteiger partial charge in [-0.1, -0.05) is 0 Å². The van der Waals surface area contributed by atoms with Gasteiger partial charge in [-0.05, 0) is 6.07 Å². The number of hydrogen-bond acceptors (Lipinski definition) is 5. The van der Waals surface area contributed by atoms with Gasteiger partial charge < -0.3 is 10.7 Å². The van der Waals surface area contributed by atoms with E-state index in [1.807, 2.05) is 4.98 Å². The number of aromatic amines is 3. The average molecular weight is 241 g/mol. The zero-order valence-corrected chi connectivity index (χ0v) is 8.36. The number of nitrogens with one attached hydrogen (secondary N) is 3. The Hall–Kier alpha value is -2.71. The number of aromatic nitrogens is 4. The molecule has 0 bridgehead atoms. The van der Waals surface area contributed by atoms with Gasteiger partial charge >= 0.3 is 11.4 Å². The van der Waals surface area contributed by atoms with Gasteiger partial charge in [-0.25, -0.2) is 14.6 Å². The third-order valence-electron chi connectivity index (χ3n) is 1.47. The maximum Gasteiger partial charge on any atom is 0.346 e. The molecule has 0 atom stereocenters. The molecule has 9 heteroatoms. The molecule has 2 heterocycles. The molecule has 2 aromatic rings. The highest BCUT2D eigenvalue weighted by molar-refractivity contribution is 5.22. The lowest BCUT2D eigenvalue weighted by Crippen LogP contribution is -2.23. The lowest BCUT2D eigenvalue weighted by Gasteiger charge is -1.84. The average Bonchev–Trinajstić information content (AvgIpc) is 2.24. The largest absolute Gasteiger partial charge is 0.385 e. The van der Waals surface area contributed by atoms with Crippen LogP contribution in [0.3, 0.4) is 0 Å². The Morgan fingerprint density at radius 2 is 1.94 bits per heavy atom. The predicted octanol–water partition coefficient (Wildman–Crippen LogP) is -1.45. The molecule has 0 saturated heterocycles. The number of nitrogens with zero attached hydrogens (tertiary/aromatic N) is 1. The predicted molar refractivity (Wildman–Crippen MR) is 56.9 cm³/mol. The molecule has 0 unspecified atom stereocenters. The summed E-state index contributed by atoms with van der Waals surface area (Å²) >= 11 is 0. The van der Waals surface area contributed by atoms with Crippen molar-refractivity contribution in [2.45, 2.75) is 0 Å². The van der Waals surface area contributed by atoms with Crippen molar-refractivity contribution in [1.29, 1.82) is 0 Å². The molecule has 0 aromatic carbocycles. The zero-order valence-electron chi connectivity index (χ0n) is 8.36. The van der Waals surface area contributed by atoms with Crippen molar-refractivity contribution < 1.29 is 4.39 Å². The van der Waals surface area contributed by atoms with Crippen LogP contribution in [0.5, 0.6) is 0 Å². The van der Waals surface area contributed by atoms with E-state index in [1.54, 1.807) is 4.98 Å². The van der Waals surface area contributed by atoms with Crippen molar-refractivity contribution >= 4 is 5.82 Å². The number of hydrogen-bond donors (Lipinski definition) is 4. The number of rotatable bonds is 0. The van der Waals surface area contributed by atoms with Gasteiger partial charge in [0.15, 0.2) is 0 Å². The molecule has 90 valence electrons. The van der Waals surface area contributed by atoms with Crippen LogP contribution >= 0.6 is 0 Å². The molecule has 8 nitrogen and oxygen atoms in total. The Balaban J connectivity index is 0.000000171. The smallest absolute Gasteiger partial charge is 0.346 e. The van der Waals surface area contributed by atoms with Crippen LogP contribution in [0.25, 0.3) is 0 Å². The first kappa shape index (κ1) is 12.4.